The van der Waals surface area contributed by atoms with Gasteiger partial charge in [0.05, 0.1) is 0 Å². The number of piperazine rings is 1. The Morgan fingerprint density at radius 2 is 1.71 bits per heavy atom. The number of nitrogens with zero attached hydrogens (tertiary/aromatic N) is 2. The van der Waals surface area contributed by atoms with Gasteiger partial charge in [0.25, 0.3) is 5.91 Å². The van der Waals surface area contributed by atoms with Crippen LogP contribution in [0.4, 0.5) is 0 Å². The zero-order chi connectivity index (χ0) is 16.7. The molecule has 1 fully saturated rings. The molecule has 0 aliphatic carbocycles. The molecule has 2 heterocycles. The lowest BCUT2D eigenvalue weighted by molar-refractivity contribution is 0.0660. The number of benzene rings is 2. The predicted octanol–water partition coefficient (Wildman–Crippen LogP) is 2.33. The van der Waals surface area contributed by atoms with E-state index in [1.807, 2.05) is 43.4 Å². The molecular weight excluding hydrogens is 304 g/mol. The molecule has 3 aromatic rings. The highest BCUT2D eigenvalue weighted by Gasteiger charge is 2.23. The van der Waals surface area contributed by atoms with Gasteiger partial charge in [-0.05, 0) is 18.5 Å². The summed E-state index contributed by atoms with van der Waals surface area (Å²) in [6.45, 7) is 2.89. The third-order valence-corrected chi connectivity index (χ3v) is 4.65. The molecular formula is C19H18N2O3. The van der Waals surface area contributed by atoms with Crippen molar-refractivity contribution in [3.8, 4) is 0 Å². The quantitative estimate of drug-likeness (QED) is 0.510. The maximum atomic E-state index is 12.7. The summed E-state index contributed by atoms with van der Waals surface area (Å²) < 4.78 is 5.53. The molecule has 2 aromatic carbocycles. The average molecular weight is 322 g/mol. The minimum absolute atomic E-state index is 0.113. The van der Waals surface area contributed by atoms with Gasteiger partial charge in [0.1, 0.15) is 11.1 Å². The summed E-state index contributed by atoms with van der Waals surface area (Å²) >= 11 is 0. The molecule has 1 aliphatic heterocycles. The molecule has 0 N–H and O–H groups in total. The van der Waals surface area contributed by atoms with Crippen LogP contribution in [0.3, 0.4) is 0 Å². The van der Waals surface area contributed by atoms with Crippen LogP contribution in [-0.2, 0) is 0 Å². The lowest BCUT2D eigenvalue weighted by Gasteiger charge is -2.32. The molecule has 4 rings (SSSR count). The first-order chi connectivity index (χ1) is 11.6. The van der Waals surface area contributed by atoms with Crippen LogP contribution in [0.2, 0.25) is 0 Å². The fourth-order valence-electron chi connectivity index (χ4n) is 3.18. The smallest absolute Gasteiger partial charge is 0.349 e. The minimum atomic E-state index is -0.567. The van der Waals surface area contributed by atoms with E-state index >= 15 is 0 Å². The zero-order valence-electron chi connectivity index (χ0n) is 13.5. The Morgan fingerprint density at radius 1 is 1.00 bits per heavy atom. The van der Waals surface area contributed by atoms with Gasteiger partial charge in [-0.25, -0.2) is 4.79 Å². The Hall–Kier alpha value is -2.66. The van der Waals surface area contributed by atoms with E-state index in [2.05, 4.69) is 4.90 Å². The molecule has 0 unspecified atom stereocenters. The molecule has 0 radical (unpaired) electrons. The van der Waals surface area contributed by atoms with Crippen molar-refractivity contribution < 1.29 is 9.21 Å². The van der Waals surface area contributed by atoms with E-state index in [0.717, 1.165) is 29.2 Å². The molecule has 5 nitrogen and oxygen atoms in total. The molecule has 0 atom stereocenters. The Morgan fingerprint density at radius 3 is 2.50 bits per heavy atom. The van der Waals surface area contributed by atoms with Crippen LogP contribution in [0.5, 0.6) is 0 Å². The third kappa shape index (κ3) is 2.47. The number of rotatable bonds is 1. The van der Waals surface area contributed by atoms with Crippen LogP contribution in [0, 0.1) is 0 Å². The number of amides is 1. The van der Waals surface area contributed by atoms with E-state index in [1.165, 1.54) is 0 Å². The van der Waals surface area contributed by atoms with Crippen molar-refractivity contribution in [2.45, 2.75) is 0 Å². The summed E-state index contributed by atoms with van der Waals surface area (Å²) in [4.78, 5) is 29.0. The average Bonchev–Trinajstić information content (AvgIpc) is 2.61. The maximum Gasteiger partial charge on any atom is 0.349 e. The fourth-order valence-corrected chi connectivity index (χ4v) is 3.18. The van der Waals surface area contributed by atoms with E-state index in [4.69, 9.17) is 4.42 Å². The van der Waals surface area contributed by atoms with Gasteiger partial charge < -0.3 is 14.2 Å². The molecule has 1 aliphatic rings. The van der Waals surface area contributed by atoms with E-state index in [-0.39, 0.29) is 11.5 Å². The van der Waals surface area contributed by atoms with E-state index in [0.29, 0.717) is 18.7 Å². The van der Waals surface area contributed by atoms with E-state index < -0.39 is 5.63 Å². The van der Waals surface area contributed by atoms with Crippen molar-refractivity contribution in [1.29, 1.82) is 0 Å². The van der Waals surface area contributed by atoms with Crippen LogP contribution < -0.4 is 5.63 Å². The van der Waals surface area contributed by atoms with Crippen molar-refractivity contribution in [2.24, 2.45) is 0 Å². The summed E-state index contributed by atoms with van der Waals surface area (Å²) in [6.07, 6.45) is 0. The monoisotopic (exact) mass is 322 g/mol. The van der Waals surface area contributed by atoms with Crippen LogP contribution in [0.25, 0.3) is 21.7 Å². The predicted molar refractivity (Wildman–Crippen MR) is 93.4 cm³/mol. The Labute approximate surface area is 139 Å². The number of fused-ring (bicyclic) bond motifs is 3. The van der Waals surface area contributed by atoms with Crippen LogP contribution in [0.1, 0.15) is 10.4 Å². The van der Waals surface area contributed by atoms with Crippen LogP contribution >= 0.6 is 0 Å². The topological polar surface area (TPSA) is 53.8 Å². The van der Waals surface area contributed by atoms with Crippen molar-refractivity contribution in [3.05, 3.63) is 58.4 Å². The summed E-state index contributed by atoms with van der Waals surface area (Å²) in [5.74, 6) is -0.244. The van der Waals surface area contributed by atoms with Crippen molar-refractivity contribution >= 4 is 27.6 Å². The molecule has 24 heavy (non-hydrogen) atoms. The second-order valence-electron chi connectivity index (χ2n) is 6.25. The largest absolute Gasteiger partial charge is 0.421 e. The number of hydrogen-bond donors (Lipinski definition) is 0. The summed E-state index contributed by atoms with van der Waals surface area (Å²) in [6, 6.07) is 13.3. The van der Waals surface area contributed by atoms with Crippen molar-refractivity contribution in [1.82, 2.24) is 9.80 Å². The summed E-state index contributed by atoms with van der Waals surface area (Å²) in [5, 5.41) is 2.66. The standard InChI is InChI=1S/C19H18N2O3/c1-20-8-10-21(11-9-20)18(22)16-12-14-7-6-13-4-2-3-5-15(13)17(14)24-19(16)23/h2-7,12H,8-11H2,1H3. The second-order valence-corrected chi connectivity index (χ2v) is 6.25. The summed E-state index contributed by atoms with van der Waals surface area (Å²) in [5.41, 5.74) is 0.0816. The summed E-state index contributed by atoms with van der Waals surface area (Å²) in [7, 11) is 2.03. The fraction of sp³-hybridized carbons (Fsp3) is 0.263. The van der Waals surface area contributed by atoms with Gasteiger partial charge in [0.15, 0.2) is 0 Å². The first-order valence-corrected chi connectivity index (χ1v) is 8.07. The van der Waals surface area contributed by atoms with Gasteiger partial charge in [-0.3, -0.25) is 4.79 Å². The molecule has 0 bridgehead atoms. The SMILES string of the molecule is CN1CCN(C(=O)c2cc3ccc4ccccc4c3oc2=O)CC1. The molecule has 1 saturated heterocycles. The molecule has 5 heteroatoms. The highest BCUT2D eigenvalue weighted by Crippen LogP contribution is 2.25. The van der Waals surface area contributed by atoms with E-state index in [9.17, 15) is 9.59 Å². The lowest BCUT2D eigenvalue weighted by atomic mass is 10.1. The molecule has 1 amide bonds. The van der Waals surface area contributed by atoms with E-state index in [1.54, 1.807) is 11.0 Å². The third-order valence-electron chi connectivity index (χ3n) is 4.65. The Bertz CT molecular complexity index is 985. The first kappa shape index (κ1) is 14.9. The first-order valence-electron chi connectivity index (χ1n) is 8.07. The number of carbonyl (C=O) groups is 1. The van der Waals surface area contributed by atoms with Gasteiger partial charge in [-0.2, -0.15) is 0 Å². The lowest BCUT2D eigenvalue weighted by Crippen LogP contribution is -2.48. The van der Waals surface area contributed by atoms with Crippen LogP contribution in [-0.4, -0.2) is 48.9 Å². The number of hydrogen-bond acceptors (Lipinski definition) is 4. The van der Waals surface area contributed by atoms with Crippen molar-refractivity contribution in [2.75, 3.05) is 33.2 Å². The highest BCUT2D eigenvalue weighted by molar-refractivity contribution is 6.06. The number of carbonyl (C=O) groups excluding carboxylic acids is 1. The molecule has 0 saturated carbocycles. The maximum absolute atomic E-state index is 12.7. The Kier molecular flexibility index (Phi) is 3.58. The molecule has 0 spiro atoms. The van der Waals surface area contributed by atoms with Gasteiger partial charge in [0, 0.05) is 37.0 Å². The Balaban J connectivity index is 1.79. The van der Waals surface area contributed by atoms with Gasteiger partial charge in [0.2, 0.25) is 0 Å². The van der Waals surface area contributed by atoms with Crippen LogP contribution in [0.15, 0.2) is 51.7 Å². The second kappa shape index (κ2) is 5.76. The van der Waals surface area contributed by atoms with Gasteiger partial charge >= 0.3 is 5.63 Å². The normalized spacial score (nSPS) is 16.0. The molecule has 122 valence electrons. The van der Waals surface area contributed by atoms with Crippen molar-refractivity contribution in [3.63, 3.8) is 0 Å². The zero-order valence-corrected chi connectivity index (χ0v) is 13.5. The van der Waals surface area contributed by atoms with Gasteiger partial charge in [-0.1, -0.05) is 36.4 Å². The number of likely N-dealkylation sites (N-methyl/N-ethyl adjacent to an activating group) is 1. The van der Waals surface area contributed by atoms with Gasteiger partial charge in [-0.15, -0.1) is 0 Å². The highest BCUT2D eigenvalue weighted by atomic mass is 16.4. The minimum Gasteiger partial charge on any atom is -0.421 e. The molecule has 1 aromatic heterocycles.